The molecule has 3 fully saturated rings. The van der Waals surface area contributed by atoms with Crippen LogP contribution in [0.5, 0.6) is 0 Å². The summed E-state index contributed by atoms with van der Waals surface area (Å²) in [6.07, 6.45) is 9.82. The van der Waals surface area contributed by atoms with E-state index in [1.165, 1.54) is 4.57 Å². The van der Waals surface area contributed by atoms with Crippen LogP contribution in [0.2, 0.25) is 36.3 Å². The van der Waals surface area contributed by atoms with E-state index in [-0.39, 0.29) is 63.4 Å². The van der Waals surface area contributed by atoms with Crippen molar-refractivity contribution in [1.82, 2.24) is 13.9 Å². The van der Waals surface area contributed by atoms with E-state index in [1.54, 1.807) is 0 Å². The van der Waals surface area contributed by atoms with Gasteiger partial charge in [0.25, 0.3) is 0 Å². The topological polar surface area (TPSA) is 87.6 Å². The number of fused-ring (bicyclic) bond motifs is 1. The zero-order valence-corrected chi connectivity index (χ0v) is 36.4. The summed E-state index contributed by atoms with van der Waals surface area (Å²) in [5.74, 6) is 0.722. The SMILES string of the molecule is C[C@H](CO)[C@H]1CC[C@@H]2[C@]1(C)CC[C@H]1[C@]23C=C[C@]2(C[C@@H](O[Si](C)(C)C(C)(C)C)C[C@H](O[Si](C)(C)C(C)(C)C)[C@]12C)n1c(=O)n(-c2ccccc2)c(=O)n13. The number of benzene rings is 1. The van der Waals surface area contributed by atoms with Gasteiger partial charge in [-0.2, -0.15) is 0 Å². The molecule has 288 valence electrons. The number of hydrogen-bond donors (Lipinski definition) is 1. The van der Waals surface area contributed by atoms with Gasteiger partial charge in [0.2, 0.25) is 0 Å². The Bertz CT molecular complexity index is 1870. The van der Waals surface area contributed by atoms with Gasteiger partial charge in [-0.05, 0) is 110 Å². The molecule has 0 saturated heterocycles. The smallest absolute Gasteiger partial charge is 0.352 e. The van der Waals surface area contributed by atoms with E-state index in [0.717, 1.165) is 32.1 Å². The van der Waals surface area contributed by atoms with Crippen LogP contribution in [-0.2, 0) is 19.9 Å². The molecule has 0 unspecified atom stereocenters. The second kappa shape index (κ2) is 11.8. The molecule has 8 nitrogen and oxygen atoms in total. The lowest BCUT2D eigenvalue weighted by Crippen LogP contribution is -2.80. The van der Waals surface area contributed by atoms with Crippen molar-refractivity contribution < 1.29 is 14.0 Å². The summed E-state index contributed by atoms with van der Waals surface area (Å²) in [5, 5.41) is 10.5. The molecule has 2 spiro atoms. The fourth-order valence-electron chi connectivity index (χ4n) is 11.9. The summed E-state index contributed by atoms with van der Waals surface area (Å²) < 4.78 is 20.4. The first-order valence-electron chi connectivity index (χ1n) is 20.1. The molecule has 2 aliphatic heterocycles. The van der Waals surface area contributed by atoms with Crippen LogP contribution in [-0.4, -0.2) is 54.5 Å². The molecule has 52 heavy (non-hydrogen) atoms. The molecule has 10 heteroatoms. The van der Waals surface area contributed by atoms with Crippen LogP contribution in [0.15, 0.2) is 52.1 Å². The third-order valence-corrected chi connectivity index (χ3v) is 25.7. The number of nitrogens with zero attached hydrogens (tertiary/aromatic N) is 3. The number of aliphatic hydroxyl groups excluding tert-OH is 1. The van der Waals surface area contributed by atoms with Crippen molar-refractivity contribution in [3.05, 3.63) is 63.5 Å². The standard InChI is InChI=1S/C42H67N3O5Si2/c1-28(27-46)31-19-20-32-39(31,8)22-21-33-40(9)34(50-52(12,13)38(5,6)7)25-30(49-51(10,11)37(2,3)4)26-41(40)23-24-42(32,33)45-36(48)43(35(47)44(41)45)29-17-15-14-16-18-29/h14-18,23-24,28,30-34,46H,19-22,25-27H2,1-13H3/t28-,30+,31-,32-,33-,34+,39-,40+,41-,42+/m1/s1. The van der Waals surface area contributed by atoms with Crippen LogP contribution in [0.4, 0.5) is 0 Å². The molecule has 2 bridgehead atoms. The Morgan fingerprint density at radius 1 is 0.846 bits per heavy atom. The van der Waals surface area contributed by atoms with E-state index in [9.17, 15) is 5.11 Å². The number of allylic oxidation sites excluding steroid dienone is 2. The van der Waals surface area contributed by atoms with E-state index in [1.807, 2.05) is 39.7 Å². The Morgan fingerprint density at radius 2 is 1.44 bits per heavy atom. The lowest BCUT2D eigenvalue weighted by Gasteiger charge is -2.73. The molecule has 10 atom stereocenters. The quantitative estimate of drug-likeness (QED) is 0.227. The molecule has 4 aliphatic carbocycles. The fraction of sp³-hybridized carbons (Fsp3) is 0.762. The van der Waals surface area contributed by atoms with Crippen LogP contribution < -0.4 is 11.4 Å². The highest BCUT2D eigenvalue weighted by Gasteiger charge is 2.77. The van der Waals surface area contributed by atoms with E-state index in [2.05, 4.69) is 101 Å². The molecule has 1 aromatic carbocycles. The molecule has 3 heterocycles. The molecular weight excluding hydrogens is 683 g/mol. The Kier molecular flexibility index (Phi) is 8.66. The van der Waals surface area contributed by atoms with Crippen molar-refractivity contribution in [2.24, 2.45) is 34.5 Å². The third-order valence-electron chi connectivity index (χ3n) is 16.7. The monoisotopic (exact) mass is 749 g/mol. The van der Waals surface area contributed by atoms with E-state index in [4.69, 9.17) is 8.85 Å². The van der Waals surface area contributed by atoms with Crippen molar-refractivity contribution in [3.8, 4) is 5.69 Å². The second-order valence-electron chi connectivity index (χ2n) is 21.1. The van der Waals surface area contributed by atoms with Gasteiger partial charge in [-0.15, -0.1) is 0 Å². The average Bonchev–Trinajstić information content (AvgIpc) is 3.54. The summed E-state index contributed by atoms with van der Waals surface area (Å²) in [7, 11) is -4.55. The number of para-hydroxylation sites is 1. The molecule has 6 aliphatic rings. The largest absolute Gasteiger partial charge is 0.414 e. The molecule has 2 aromatic rings. The lowest BCUT2D eigenvalue weighted by atomic mass is 9.40. The normalized spacial score (nSPS) is 37.7. The first kappa shape index (κ1) is 38.3. The molecule has 1 aromatic heterocycles. The van der Waals surface area contributed by atoms with Gasteiger partial charge in [0.05, 0.1) is 29.0 Å². The minimum Gasteiger partial charge on any atom is -0.414 e. The average molecular weight is 750 g/mol. The predicted octanol–water partition coefficient (Wildman–Crippen LogP) is 8.43. The van der Waals surface area contributed by atoms with Crippen LogP contribution in [0.3, 0.4) is 0 Å². The fourth-order valence-corrected chi connectivity index (χ4v) is 14.7. The Labute approximate surface area is 314 Å². The third kappa shape index (κ3) is 4.84. The van der Waals surface area contributed by atoms with Crippen molar-refractivity contribution in [3.63, 3.8) is 0 Å². The lowest BCUT2D eigenvalue weighted by molar-refractivity contribution is -0.234. The maximum atomic E-state index is 15.4. The van der Waals surface area contributed by atoms with E-state index >= 15 is 9.59 Å². The van der Waals surface area contributed by atoms with Gasteiger partial charge in [0.1, 0.15) is 0 Å². The Morgan fingerprint density at radius 3 is 2.04 bits per heavy atom. The molecule has 0 amide bonds. The van der Waals surface area contributed by atoms with Crippen LogP contribution in [0.25, 0.3) is 5.69 Å². The van der Waals surface area contributed by atoms with E-state index in [0.29, 0.717) is 18.0 Å². The van der Waals surface area contributed by atoms with Crippen LogP contribution in [0, 0.1) is 34.5 Å². The highest BCUT2D eigenvalue weighted by Crippen LogP contribution is 2.74. The second-order valence-corrected chi connectivity index (χ2v) is 30.6. The number of aromatic nitrogens is 3. The summed E-state index contributed by atoms with van der Waals surface area (Å²) in [6, 6.07) is 9.49. The van der Waals surface area contributed by atoms with Gasteiger partial charge in [0.15, 0.2) is 16.6 Å². The first-order valence-corrected chi connectivity index (χ1v) is 26.0. The van der Waals surface area contributed by atoms with Crippen molar-refractivity contribution in [2.45, 2.75) is 160 Å². The molecular formula is C42H67N3O5Si2. The zero-order valence-electron chi connectivity index (χ0n) is 34.4. The van der Waals surface area contributed by atoms with Gasteiger partial charge in [-0.1, -0.05) is 92.7 Å². The van der Waals surface area contributed by atoms with Gasteiger partial charge in [0, 0.05) is 18.4 Å². The van der Waals surface area contributed by atoms with Crippen LogP contribution in [0.1, 0.15) is 101 Å². The van der Waals surface area contributed by atoms with Gasteiger partial charge >= 0.3 is 11.4 Å². The summed E-state index contributed by atoms with van der Waals surface area (Å²) in [4.78, 5) is 30.6. The Hall–Kier alpha value is -1.99. The maximum absolute atomic E-state index is 15.4. The number of aliphatic hydroxyl groups is 1. The van der Waals surface area contributed by atoms with Gasteiger partial charge in [-0.3, -0.25) is 0 Å². The number of rotatable bonds is 7. The van der Waals surface area contributed by atoms with Gasteiger partial charge in [-0.25, -0.2) is 23.5 Å². The summed E-state index contributed by atoms with van der Waals surface area (Å²) in [5.41, 5.74) is -2.01. The molecule has 3 saturated carbocycles. The highest BCUT2D eigenvalue weighted by atomic mass is 28.4. The first-order chi connectivity index (χ1) is 23.9. The van der Waals surface area contributed by atoms with Crippen molar-refractivity contribution >= 4 is 16.6 Å². The van der Waals surface area contributed by atoms with E-state index < -0.39 is 33.1 Å². The number of hydrogen-bond acceptors (Lipinski definition) is 5. The van der Waals surface area contributed by atoms with Crippen LogP contribution >= 0.6 is 0 Å². The molecule has 1 N–H and O–H groups in total. The maximum Gasteiger partial charge on any atom is 0.352 e. The summed E-state index contributed by atoms with van der Waals surface area (Å²) in [6.45, 7) is 30.4. The predicted molar refractivity (Wildman–Crippen MR) is 214 cm³/mol. The minimum absolute atomic E-state index is 0.00915. The van der Waals surface area contributed by atoms with Crippen molar-refractivity contribution in [1.29, 1.82) is 0 Å². The highest BCUT2D eigenvalue weighted by molar-refractivity contribution is 6.74. The minimum atomic E-state index is -2.32. The zero-order chi connectivity index (χ0) is 38.2. The van der Waals surface area contributed by atoms with Crippen molar-refractivity contribution in [2.75, 3.05) is 6.61 Å². The Balaban J connectivity index is 1.53. The van der Waals surface area contributed by atoms with Gasteiger partial charge < -0.3 is 14.0 Å². The molecule has 0 radical (unpaired) electrons. The summed E-state index contributed by atoms with van der Waals surface area (Å²) >= 11 is 0. The molecule has 8 rings (SSSR count).